The molecule has 0 saturated carbocycles. The van der Waals surface area contributed by atoms with E-state index in [1.807, 2.05) is 31.5 Å². The second-order valence-corrected chi connectivity index (χ2v) is 5.62. The Labute approximate surface area is 132 Å². The summed E-state index contributed by atoms with van der Waals surface area (Å²) in [5.41, 5.74) is 3.81. The molecule has 0 saturated heterocycles. The van der Waals surface area contributed by atoms with Crippen LogP contribution in [0, 0.1) is 6.92 Å². The maximum atomic E-state index is 12.6. The number of halogens is 2. The van der Waals surface area contributed by atoms with Gasteiger partial charge in [0.2, 0.25) is 0 Å². The minimum absolute atomic E-state index is 0.116. The van der Waals surface area contributed by atoms with Crippen LogP contribution in [-0.4, -0.2) is 21.4 Å². The van der Waals surface area contributed by atoms with Crippen molar-refractivity contribution in [1.29, 1.82) is 0 Å². The van der Waals surface area contributed by atoms with Gasteiger partial charge in [-0.25, -0.2) is 4.98 Å². The van der Waals surface area contributed by atoms with Crippen LogP contribution in [0.25, 0.3) is 22.3 Å². The van der Waals surface area contributed by atoms with Crippen LogP contribution in [0.1, 0.15) is 25.5 Å². The Kier molecular flexibility index (Phi) is 3.98. The number of alkyl halides is 2. The first-order valence-electron chi connectivity index (χ1n) is 7.36. The van der Waals surface area contributed by atoms with Gasteiger partial charge in [-0.3, -0.25) is 4.68 Å². The second-order valence-electron chi connectivity index (χ2n) is 5.62. The molecule has 4 nitrogen and oxygen atoms in total. The van der Waals surface area contributed by atoms with Gasteiger partial charge >= 0.3 is 6.61 Å². The van der Waals surface area contributed by atoms with Gasteiger partial charge in [0, 0.05) is 11.6 Å². The number of rotatable bonds is 4. The van der Waals surface area contributed by atoms with E-state index in [0.29, 0.717) is 11.3 Å². The summed E-state index contributed by atoms with van der Waals surface area (Å²) in [7, 11) is 0. The van der Waals surface area contributed by atoms with E-state index in [0.717, 1.165) is 16.6 Å². The van der Waals surface area contributed by atoms with E-state index in [1.54, 1.807) is 24.4 Å². The number of nitrogens with zero attached hydrogens (tertiary/aromatic N) is 3. The van der Waals surface area contributed by atoms with Crippen LogP contribution in [0.2, 0.25) is 0 Å². The van der Waals surface area contributed by atoms with Crippen molar-refractivity contribution in [2.24, 2.45) is 0 Å². The number of ether oxygens (including phenoxy) is 1. The molecule has 0 amide bonds. The maximum Gasteiger partial charge on any atom is 0.387 e. The van der Waals surface area contributed by atoms with Gasteiger partial charge < -0.3 is 4.74 Å². The summed E-state index contributed by atoms with van der Waals surface area (Å²) >= 11 is 0. The molecule has 0 N–H and O–H groups in total. The average molecular weight is 317 g/mol. The van der Waals surface area contributed by atoms with Crippen molar-refractivity contribution in [1.82, 2.24) is 14.8 Å². The van der Waals surface area contributed by atoms with Crippen LogP contribution in [0.3, 0.4) is 0 Å². The molecule has 0 aliphatic heterocycles. The van der Waals surface area contributed by atoms with E-state index >= 15 is 0 Å². The zero-order valence-corrected chi connectivity index (χ0v) is 13.1. The van der Waals surface area contributed by atoms with Gasteiger partial charge in [-0.05, 0) is 44.5 Å². The van der Waals surface area contributed by atoms with Crippen molar-refractivity contribution in [2.75, 3.05) is 0 Å². The third-order valence-electron chi connectivity index (χ3n) is 3.61. The average Bonchev–Trinajstić information content (AvgIpc) is 2.92. The lowest BCUT2D eigenvalue weighted by Gasteiger charge is -2.12. The van der Waals surface area contributed by atoms with Gasteiger partial charge in [0.15, 0.2) is 0 Å². The zero-order valence-electron chi connectivity index (χ0n) is 13.1. The largest absolute Gasteiger partial charge is 0.434 e. The van der Waals surface area contributed by atoms with Gasteiger partial charge in [0.25, 0.3) is 0 Å². The third-order valence-corrected chi connectivity index (χ3v) is 3.61. The molecule has 0 bridgehead atoms. The highest BCUT2D eigenvalue weighted by Crippen LogP contribution is 2.32. The van der Waals surface area contributed by atoms with Crippen LogP contribution in [0.5, 0.6) is 5.75 Å². The molecule has 3 rings (SSSR count). The van der Waals surface area contributed by atoms with Crippen molar-refractivity contribution < 1.29 is 13.5 Å². The molecule has 0 atom stereocenters. The number of hydrogen-bond acceptors (Lipinski definition) is 3. The van der Waals surface area contributed by atoms with Crippen molar-refractivity contribution >= 4 is 11.0 Å². The lowest BCUT2D eigenvalue weighted by atomic mass is 10.1. The highest BCUT2D eigenvalue weighted by molar-refractivity contribution is 5.82. The number of aromatic nitrogens is 3. The maximum absolute atomic E-state index is 12.6. The third kappa shape index (κ3) is 2.88. The van der Waals surface area contributed by atoms with Crippen molar-refractivity contribution in [3.05, 3.63) is 42.1 Å². The van der Waals surface area contributed by atoms with Gasteiger partial charge in [0.1, 0.15) is 11.3 Å². The highest BCUT2D eigenvalue weighted by Gasteiger charge is 2.15. The molecule has 3 aromatic rings. The van der Waals surface area contributed by atoms with Gasteiger partial charge in [-0.1, -0.05) is 12.1 Å². The van der Waals surface area contributed by atoms with E-state index in [2.05, 4.69) is 14.8 Å². The topological polar surface area (TPSA) is 39.9 Å². The van der Waals surface area contributed by atoms with Gasteiger partial charge in [-0.15, -0.1) is 0 Å². The first kappa shape index (κ1) is 15.4. The number of para-hydroxylation sites is 1. The van der Waals surface area contributed by atoms with Gasteiger partial charge in [-0.2, -0.15) is 13.9 Å². The summed E-state index contributed by atoms with van der Waals surface area (Å²) in [6, 6.07) is 8.75. The minimum Gasteiger partial charge on any atom is -0.434 e. The quantitative estimate of drug-likeness (QED) is 0.706. The minimum atomic E-state index is -2.87. The van der Waals surface area contributed by atoms with Crippen molar-refractivity contribution in [3.63, 3.8) is 0 Å². The lowest BCUT2D eigenvalue weighted by molar-refractivity contribution is -0.0494. The summed E-state index contributed by atoms with van der Waals surface area (Å²) in [4.78, 5) is 4.57. The number of aryl methyl sites for hydroxylation is 1. The molecule has 0 aliphatic carbocycles. The predicted octanol–water partition coefficient (Wildman–Crippen LogP) is 4.59. The fraction of sp³-hybridized carbons (Fsp3) is 0.294. The number of pyridine rings is 1. The molecule has 2 aromatic heterocycles. The second kappa shape index (κ2) is 5.95. The SMILES string of the molecule is Cc1cc(-c2ccccc2OC(F)F)nc2cnn(C(C)C)c12. The summed E-state index contributed by atoms with van der Waals surface area (Å²) in [6.45, 7) is 3.19. The molecule has 23 heavy (non-hydrogen) atoms. The smallest absolute Gasteiger partial charge is 0.387 e. The molecule has 120 valence electrons. The Bertz CT molecular complexity index is 843. The fourth-order valence-electron chi connectivity index (χ4n) is 2.66. The summed E-state index contributed by atoms with van der Waals surface area (Å²) in [5.74, 6) is 0.116. The Morgan fingerprint density at radius 1 is 1.17 bits per heavy atom. The Morgan fingerprint density at radius 3 is 2.61 bits per heavy atom. The van der Waals surface area contributed by atoms with E-state index in [-0.39, 0.29) is 11.8 Å². The number of benzene rings is 1. The molecular formula is C17H17F2N3O. The molecule has 0 unspecified atom stereocenters. The van der Waals surface area contributed by atoms with Crippen molar-refractivity contribution in [2.45, 2.75) is 33.4 Å². The molecular weight excluding hydrogens is 300 g/mol. The normalized spacial score (nSPS) is 11.6. The van der Waals surface area contributed by atoms with Crippen molar-refractivity contribution in [3.8, 4) is 17.0 Å². The first-order chi connectivity index (χ1) is 11.0. The zero-order chi connectivity index (χ0) is 16.6. The highest BCUT2D eigenvalue weighted by atomic mass is 19.3. The number of hydrogen-bond donors (Lipinski definition) is 0. The van der Waals surface area contributed by atoms with Crippen LogP contribution in [-0.2, 0) is 0 Å². The van der Waals surface area contributed by atoms with Crippen LogP contribution in [0.15, 0.2) is 36.5 Å². The van der Waals surface area contributed by atoms with Crippen LogP contribution in [0.4, 0.5) is 8.78 Å². The molecule has 2 heterocycles. The Hall–Kier alpha value is -2.50. The standard InChI is InChI=1S/C17H17F2N3O/c1-10(2)22-16-11(3)8-13(21-14(16)9-20-22)12-6-4-5-7-15(12)23-17(18)19/h4-10,17H,1-3H3. The van der Waals surface area contributed by atoms with Gasteiger partial charge in [0.05, 0.1) is 17.4 Å². The Balaban J connectivity index is 2.15. The molecule has 0 spiro atoms. The van der Waals surface area contributed by atoms with Crippen LogP contribution >= 0.6 is 0 Å². The lowest BCUT2D eigenvalue weighted by Crippen LogP contribution is -2.04. The predicted molar refractivity (Wildman–Crippen MR) is 84.7 cm³/mol. The van der Waals surface area contributed by atoms with E-state index in [1.165, 1.54) is 6.07 Å². The van der Waals surface area contributed by atoms with E-state index in [4.69, 9.17) is 0 Å². The summed E-state index contributed by atoms with van der Waals surface area (Å²) < 4.78 is 31.7. The molecule has 0 aliphatic rings. The van der Waals surface area contributed by atoms with E-state index in [9.17, 15) is 8.78 Å². The molecule has 0 radical (unpaired) electrons. The fourth-order valence-corrected chi connectivity index (χ4v) is 2.66. The molecule has 0 fully saturated rings. The number of fused-ring (bicyclic) bond motifs is 1. The first-order valence-corrected chi connectivity index (χ1v) is 7.36. The monoisotopic (exact) mass is 317 g/mol. The Morgan fingerprint density at radius 2 is 1.91 bits per heavy atom. The summed E-state index contributed by atoms with van der Waals surface area (Å²) in [5, 5.41) is 4.36. The van der Waals surface area contributed by atoms with Crippen LogP contribution < -0.4 is 4.74 Å². The molecule has 6 heteroatoms. The molecule has 1 aromatic carbocycles. The summed E-state index contributed by atoms with van der Waals surface area (Å²) in [6.07, 6.45) is 1.70. The van der Waals surface area contributed by atoms with E-state index < -0.39 is 6.61 Å².